The smallest absolute Gasteiger partial charge is 0.335 e. The number of halogens is 1. The Kier molecular flexibility index (Phi) is 3.05. The molecule has 0 fully saturated rings. The van der Waals surface area contributed by atoms with Gasteiger partial charge in [-0.2, -0.15) is 0 Å². The van der Waals surface area contributed by atoms with Crippen molar-refractivity contribution in [2.24, 2.45) is 0 Å². The fourth-order valence-electron chi connectivity index (χ4n) is 1.32. The minimum absolute atomic E-state index is 0.0399. The van der Waals surface area contributed by atoms with Crippen LogP contribution in [0.15, 0.2) is 35.4 Å². The van der Waals surface area contributed by atoms with Crippen molar-refractivity contribution in [2.75, 3.05) is 5.32 Å². The van der Waals surface area contributed by atoms with Gasteiger partial charge in [0.15, 0.2) is 0 Å². The molecule has 6 nitrogen and oxygen atoms in total. The Morgan fingerprint density at radius 3 is 2.78 bits per heavy atom. The van der Waals surface area contributed by atoms with E-state index in [2.05, 4.69) is 15.3 Å². The lowest BCUT2D eigenvalue weighted by Gasteiger charge is -2.06. The number of H-pyrrole nitrogens is 1. The predicted octanol–water partition coefficient (Wildman–Crippen LogP) is 1.35. The lowest BCUT2D eigenvalue weighted by molar-refractivity contribution is 0.0696. The first-order chi connectivity index (χ1) is 8.56. The number of hydrogen-bond acceptors (Lipinski definition) is 4. The molecule has 0 saturated heterocycles. The van der Waals surface area contributed by atoms with Gasteiger partial charge in [-0.15, -0.1) is 0 Å². The molecule has 1 aromatic heterocycles. The molecule has 2 rings (SSSR count). The molecule has 18 heavy (non-hydrogen) atoms. The van der Waals surface area contributed by atoms with Crippen molar-refractivity contribution in [2.45, 2.75) is 0 Å². The first-order valence-electron chi connectivity index (χ1n) is 4.91. The molecule has 0 aliphatic rings. The number of aromatic amines is 1. The minimum atomic E-state index is -1.21. The molecule has 7 heteroatoms. The van der Waals surface area contributed by atoms with Crippen LogP contribution in [0.25, 0.3) is 0 Å². The van der Waals surface area contributed by atoms with Crippen LogP contribution in [0.4, 0.5) is 15.9 Å². The Balaban J connectivity index is 2.30. The van der Waals surface area contributed by atoms with E-state index in [1.54, 1.807) is 0 Å². The number of carboxylic acid groups (broad SMARTS) is 1. The van der Waals surface area contributed by atoms with Crippen LogP contribution in [0.1, 0.15) is 10.4 Å². The van der Waals surface area contributed by atoms with Crippen LogP contribution < -0.4 is 10.9 Å². The fraction of sp³-hybridized carbons (Fsp3) is 0. The second-order valence-electron chi connectivity index (χ2n) is 3.42. The lowest BCUT2D eigenvalue weighted by Crippen LogP contribution is -2.07. The van der Waals surface area contributed by atoms with Crippen LogP contribution in [0.2, 0.25) is 0 Å². The summed E-state index contributed by atoms with van der Waals surface area (Å²) in [6.45, 7) is 0. The minimum Gasteiger partial charge on any atom is -0.478 e. The van der Waals surface area contributed by atoms with Crippen LogP contribution in [0, 0.1) is 5.82 Å². The van der Waals surface area contributed by atoms with E-state index < -0.39 is 11.8 Å². The maximum absolute atomic E-state index is 13.6. The Bertz CT molecular complexity index is 654. The van der Waals surface area contributed by atoms with Crippen molar-refractivity contribution in [3.63, 3.8) is 0 Å². The molecule has 2 aromatic rings. The van der Waals surface area contributed by atoms with Gasteiger partial charge in [0.25, 0.3) is 5.56 Å². The molecule has 0 aliphatic carbocycles. The molecule has 0 atom stereocenters. The van der Waals surface area contributed by atoms with E-state index in [1.165, 1.54) is 18.5 Å². The monoisotopic (exact) mass is 249 g/mol. The van der Waals surface area contributed by atoms with E-state index >= 15 is 0 Å². The van der Waals surface area contributed by atoms with Crippen LogP contribution in [0.3, 0.4) is 0 Å². The molecule has 1 heterocycles. The van der Waals surface area contributed by atoms with E-state index in [9.17, 15) is 14.0 Å². The Morgan fingerprint density at radius 1 is 1.39 bits per heavy atom. The molecule has 0 unspecified atom stereocenters. The number of nitrogens with one attached hydrogen (secondary N) is 2. The Morgan fingerprint density at radius 2 is 2.17 bits per heavy atom. The Hall–Kier alpha value is -2.70. The summed E-state index contributed by atoms with van der Waals surface area (Å²) in [5.41, 5.74) is -0.495. The van der Waals surface area contributed by atoms with Gasteiger partial charge in [-0.05, 0) is 18.2 Å². The average molecular weight is 249 g/mol. The quantitative estimate of drug-likeness (QED) is 0.763. The number of aromatic carboxylic acids is 1. The highest BCUT2D eigenvalue weighted by molar-refractivity contribution is 5.88. The van der Waals surface area contributed by atoms with Crippen molar-refractivity contribution in [1.82, 2.24) is 9.97 Å². The van der Waals surface area contributed by atoms with Crippen molar-refractivity contribution < 1.29 is 14.3 Å². The SMILES string of the molecule is O=C(O)c1ccc(Nc2cc(=O)[nH]cn2)c(F)c1. The van der Waals surface area contributed by atoms with Gasteiger partial charge in [-0.25, -0.2) is 14.2 Å². The summed E-state index contributed by atoms with van der Waals surface area (Å²) in [4.78, 5) is 27.7. The van der Waals surface area contributed by atoms with E-state index in [1.807, 2.05) is 0 Å². The highest BCUT2D eigenvalue weighted by atomic mass is 19.1. The second kappa shape index (κ2) is 4.66. The van der Waals surface area contributed by atoms with Crippen molar-refractivity contribution >= 4 is 17.5 Å². The zero-order valence-electron chi connectivity index (χ0n) is 8.98. The van der Waals surface area contributed by atoms with Gasteiger partial charge >= 0.3 is 5.97 Å². The largest absolute Gasteiger partial charge is 0.478 e. The molecule has 0 bridgehead atoms. The summed E-state index contributed by atoms with van der Waals surface area (Å²) in [5, 5.41) is 11.3. The molecule has 0 radical (unpaired) electrons. The maximum Gasteiger partial charge on any atom is 0.335 e. The predicted molar refractivity (Wildman–Crippen MR) is 61.5 cm³/mol. The van der Waals surface area contributed by atoms with E-state index in [-0.39, 0.29) is 22.6 Å². The molecular weight excluding hydrogens is 241 g/mol. The van der Waals surface area contributed by atoms with Crippen LogP contribution in [-0.2, 0) is 0 Å². The first-order valence-corrected chi connectivity index (χ1v) is 4.91. The molecule has 0 spiro atoms. The third kappa shape index (κ3) is 2.51. The van der Waals surface area contributed by atoms with Crippen LogP contribution >= 0.6 is 0 Å². The molecule has 0 saturated carbocycles. The zero-order chi connectivity index (χ0) is 13.1. The average Bonchev–Trinajstić information content (AvgIpc) is 2.31. The maximum atomic E-state index is 13.6. The lowest BCUT2D eigenvalue weighted by atomic mass is 10.2. The molecule has 0 aliphatic heterocycles. The third-order valence-electron chi connectivity index (χ3n) is 2.16. The highest BCUT2D eigenvalue weighted by Crippen LogP contribution is 2.18. The number of carbonyl (C=O) groups is 1. The summed E-state index contributed by atoms with van der Waals surface area (Å²) >= 11 is 0. The number of benzene rings is 1. The van der Waals surface area contributed by atoms with Gasteiger partial charge in [0.2, 0.25) is 0 Å². The van der Waals surface area contributed by atoms with Gasteiger partial charge in [0.05, 0.1) is 17.6 Å². The number of anilines is 2. The van der Waals surface area contributed by atoms with Gasteiger partial charge in [0.1, 0.15) is 11.6 Å². The van der Waals surface area contributed by atoms with Crippen LogP contribution in [0.5, 0.6) is 0 Å². The summed E-state index contributed by atoms with van der Waals surface area (Å²) in [6.07, 6.45) is 1.17. The third-order valence-corrected chi connectivity index (χ3v) is 2.16. The second-order valence-corrected chi connectivity index (χ2v) is 3.42. The number of hydrogen-bond donors (Lipinski definition) is 3. The summed E-state index contributed by atoms with van der Waals surface area (Å²) in [7, 11) is 0. The summed E-state index contributed by atoms with van der Waals surface area (Å²) in [5.74, 6) is -1.78. The van der Waals surface area contributed by atoms with E-state index in [4.69, 9.17) is 5.11 Å². The molecular formula is C11H8FN3O3. The number of rotatable bonds is 3. The summed E-state index contributed by atoms with van der Waals surface area (Å²) in [6, 6.07) is 4.56. The van der Waals surface area contributed by atoms with Gasteiger partial charge in [-0.1, -0.05) is 0 Å². The van der Waals surface area contributed by atoms with E-state index in [0.29, 0.717) is 0 Å². The van der Waals surface area contributed by atoms with E-state index in [0.717, 1.165) is 12.1 Å². The standard InChI is InChI=1S/C11H8FN3O3/c12-7-3-6(11(17)18)1-2-8(7)15-9-4-10(16)14-5-13-9/h1-5H,(H,17,18)(H2,13,14,15,16). The molecule has 1 aromatic carbocycles. The fourth-order valence-corrected chi connectivity index (χ4v) is 1.32. The van der Waals surface area contributed by atoms with Crippen molar-refractivity contribution in [3.05, 3.63) is 52.3 Å². The molecule has 92 valence electrons. The number of nitrogens with zero attached hydrogens (tertiary/aromatic N) is 1. The van der Waals surface area contributed by atoms with Crippen molar-refractivity contribution in [1.29, 1.82) is 0 Å². The topological polar surface area (TPSA) is 95.1 Å². The summed E-state index contributed by atoms with van der Waals surface area (Å²) < 4.78 is 13.6. The van der Waals surface area contributed by atoms with Crippen LogP contribution in [-0.4, -0.2) is 21.0 Å². The van der Waals surface area contributed by atoms with Gasteiger partial charge < -0.3 is 15.4 Å². The molecule has 0 amide bonds. The normalized spacial score (nSPS) is 10.1. The highest BCUT2D eigenvalue weighted by Gasteiger charge is 2.08. The van der Waals surface area contributed by atoms with Gasteiger partial charge in [-0.3, -0.25) is 4.79 Å². The first kappa shape index (κ1) is 11.8. The zero-order valence-corrected chi connectivity index (χ0v) is 8.98. The molecule has 3 N–H and O–H groups in total. The van der Waals surface area contributed by atoms with Crippen molar-refractivity contribution in [3.8, 4) is 0 Å². The number of carboxylic acids is 1. The Labute approximate surface area is 100 Å². The van der Waals surface area contributed by atoms with Gasteiger partial charge in [0, 0.05) is 6.07 Å². The number of aromatic nitrogens is 2.